The number of aliphatic hydroxyl groups is 1. The maximum Gasteiger partial charge on any atom is 0.169 e. The van der Waals surface area contributed by atoms with Gasteiger partial charge in [0.25, 0.3) is 0 Å². The van der Waals surface area contributed by atoms with E-state index in [9.17, 15) is 5.11 Å². The average Bonchev–Trinajstić information content (AvgIpc) is 3.31. The summed E-state index contributed by atoms with van der Waals surface area (Å²) < 4.78 is 2.26. The van der Waals surface area contributed by atoms with Crippen molar-refractivity contribution in [2.24, 2.45) is 5.92 Å². The van der Waals surface area contributed by atoms with Crippen molar-refractivity contribution in [1.29, 1.82) is 0 Å². The molecule has 1 aliphatic carbocycles. The maximum absolute atomic E-state index is 9.49. The third-order valence-electron chi connectivity index (χ3n) is 4.84. The molecule has 1 aliphatic rings. The van der Waals surface area contributed by atoms with Crippen molar-refractivity contribution >= 4 is 11.3 Å². The first-order chi connectivity index (χ1) is 11.8. The number of aliphatic hydroxyl groups excluding tert-OH is 1. The molecule has 0 spiro atoms. The van der Waals surface area contributed by atoms with E-state index in [0.29, 0.717) is 12.0 Å². The Bertz CT molecular complexity index is 796. The Morgan fingerprint density at radius 3 is 2.92 bits per heavy atom. The number of hydrogen-bond acceptors (Lipinski definition) is 4. The molecule has 1 fully saturated rings. The molecule has 1 aromatic carbocycles. The van der Waals surface area contributed by atoms with Crippen LogP contribution < -0.4 is 0 Å². The van der Waals surface area contributed by atoms with Crippen molar-refractivity contribution in [3.05, 3.63) is 48.1 Å². The summed E-state index contributed by atoms with van der Waals surface area (Å²) >= 11 is 1.64. The molecule has 124 valence electrons. The van der Waals surface area contributed by atoms with Crippen LogP contribution in [-0.4, -0.2) is 26.2 Å². The summed E-state index contributed by atoms with van der Waals surface area (Å²) in [4.78, 5) is 9.37. The summed E-state index contributed by atoms with van der Waals surface area (Å²) in [6.07, 6.45) is 8.39. The standard InChI is InChI=1S/C19H21N3OS/c23-12-14-5-4-8-16(11-14)22-10-9-20-18(22)19-21-17(13-24-19)15-6-2-1-3-7-15/h1-3,6-7,9-10,13-14,16,23H,4-5,8,11-12H2/t14-,16+/m0/s1. The molecule has 0 amide bonds. The molecule has 0 unspecified atom stereocenters. The van der Waals surface area contributed by atoms with Crippen LogP contribution in [0.5, 0.6) is 0 Å². The van der Waals surface area contributed by atoms with Crippen LogP contribution in [0.2, 0.25) is 0 Å². The van der Waals surface area contributed by atoms with Gasteiger partial charge in [-0.3, -0.25) is 0 Å². The lowest BCUT2D eigenvalue weighted by Crippen LogP contribution is -2.21. The lowest BCUT2D eigenvalue weighted by Gasteiger charge is -2.29. The molecule has 1 N–H and O–H groups in total. The fourth-order valence-electron chi connectivity index (χ4n) is 3.57. The molecule has 0 bridgehead atoms. The van der Waals surface area contributed by atoms with Crippen LogP contribution in [0.3, 0.4) is 0 Å². The van der Waals surface area contributed by atoms with Crippen molar-refractivity contribution in [1.82, 2.24) is 14.5 Å². The molecule has 5 heteroatoms. The van der Waals surface area contributed by atoms with E-state index in [1.807, 2.05) is 24.4 Å². The van der Waals surface area contributed by atoms with Gasteiger partial charge in [-0.2, -0.15) is 0 Å². The van der Waals surface area contributed by atoms with Gasteiger partial charge in [0.05, 0.1) is 5.69 Å². The molecular weight excluding hydrogens is 318 g/mol. The summed E-state index contributed by atoms with van der Waals surface area (Å²) in [5.41, 5.74) is 2.14. The van der Waals surface area contributed by atoms with Crippen molar-refractivity contribution in [3.63, 3.8) is 0 Å². The monoisotopic (exact) mass is 339 g/mol. The van der Waals surface area contributed by atoms with Crippen LogP contribution in [0.4, 0.5) is 0 Å². The Balaban J connectivity index is 1.62. The zero-order chi connectivity index (χ0) is 16.4. The topological polar surface area (TPSA) is 50.9 Å². The van der Waals surface area contributed by atoms with Crippen LogP contribution in [0, 0.1) is 5.92 Å². The van der Waals surface area contributed by atoms with E-state index in [-0.39, 0.29) is 6.61 Å². The van der Waals surface area contributed by atoms with Gasteiger partial charge in [-0.15, -0.1) is 11.3 Å². The number of benzene rings is 1. The van der Waals surface area contributed by atoms with E-state index in [4.69, 9.17) is 4.98 Å². The molecule has 24 heavy (non-hydrogen) atoms. The van der Waals surface area contributed by atoms with Crippen molar-refractivity contribution in [2.75, 3.05) is 6.61 Å². The van der Waals surface area contributed by atoms with Gasteiger partial charge < -0.3 is 9.67 Å². The first-order valence-corrected chi connectivity index (χ1v) is 9.38. The molecule has 4 rings (SSSR count). The average molecular weight is 339 g/mol. The zero-order valence-electron chi connectivity index (χ0n) is 13.5. The van der Waals surface area contributed by atoms with E-state index in [0.717, 1.165) is 41.4 Å². The van der Waals surface area contributed by atoms with Gasteiger partial charge in [-0.25, -0.2) is 9.97 Å². The highest BCUT2D eigenvalue weighted by molar-refractivity contribution is 7.13. The summed E-state index contributed by atoms with van der Waals surface area (Å²) in [6.45, 7) is 0.288. The van der Waals surface area contributed by atoms with Crippen molar-refractivity contribution < 1.29 is 5.11 Å². The van der Waals surface area contributed by atoms with Gasteiger partial charge in [0.15, 0.2) is 10.8 Å². The van der Waals surface area contributed by atoms with Crippen LogP contribution in [-0.2, 0) is 0 Å². The molecular formula is C19H21N3OS. The molecule has 0 aliphatic heterocycles. The minimum absolute atomic E-state index is 0.288. The van der Waals surface area contributed by atoms with E-state index < -0.39 is 0 Å². The number of rotatable bonds is 4. The predicted molar refractivity (Wildman–Crippen MR) is 96.9 cm³/mol. The van der Waals surface area contributed by atoms with E-state index in [1.54, 1.807) is 11.3 Å². The molecule has 0 saturated heterocycles. The largest absolute Gasteiger partial charge is 0.396 e. The first kappa shape index (κ1) is 15.5. The predicted octanol–water partition coefficient (Wildman–Crippen LogP) is 4.40. The van der Waals surface area contributed by atoms with Gasteiger partial charge >= 0.3 is 0 Å². The number of hydrogen-bond donors (Lipinski definition) is 1. The highest BCUT2D eigenvalue weighted by atomic mass is 32.1. The number of aromatic nitrogens is 3. The molecule has 3 aromatic rings. The van der Waals surface area contributed by atoms with Gasteiger partial charge in [0, 0.05) is 36.0 Å². The molecule has 2 atom stereocenters. The number of thiazole rings is 1. The van der Waals surface area contributed by atoms with E-state index in [2.05, 4.69) is 33.3 Å². The lowest BCUT2D eigenvalue weighted by molar-refractivity contribution is 0.163. The normalized spacial score (nSPS) is 21.0. The highest BCUT2D eigenvalue weighted by Gasteiger charge is 2.25. The fraction of sp³-hybridized carbons (Fsp3) is 0.368. The van der Waals surface area contributed by atoms with Crippen molar-refractivity contribution in [2.45, 2.75) is 31.7 Å². The van der Waals surface area contributed by atoms with Crippen LogP contribution >= 0.6 is 11.3 Å². The van der Waals surface area contributed by atoms with Gasteiger partial charge in [0.1, 0.15) is 0 Å². The summed E-state index contributed by atoms with van der Waals surface area (Å²) in [5, 5.41) is 12.5. The second-order valence-corrected chi connectivity index (χ2v) is 7.29. The fourth-order valence-corrected chi connectivity index (χ4v) is 4.40. The van der Waals surface area contributed by atoms with E-state index >= 15 is 0 Å². The van der Waals surface area contributed by atoms with Gasteiger partial charge in [-0.1, -0.05) is 36.8 Å². The smallest absolute Gasteiger partial charge is 0.169 e. The molecule has 1 saturated carbocycles. The van der Waals surface area contributed by atoms with Gasteiger partial charge in [0.2, 0.25) is 0 Å². The minimum atomic E-state index is 0.288. The van der Waals surface area contributed by atoms with Crippen LogP contribution in [0.25, 0.3) is 22.1 Å². The minimum Gasteiger partial charge on any atom is -0.396 e. The quantitative estimate of drug-likeness (QED) is 0.766. The Morgan fingerprint density at radius 2 is 2.08 bits per heavy atom. The van der Waals surface area contributed by atoms with Crippen LogP contribution in [0.1, 0.15) is 31.7 Å². The third-order valence-corrected chi connectivity index (χ3v) is 5.68. The first-order valence-electron chi connectivity index (χ1n) is 8.50. The zero-order valence-corrected chi connectivity index (χ0v) is 14.3. The number of nitrogens with zero attached hydrogens (tertiary/aromatic N) is 3. The summed E-state index contributed by atoms with van der Waals surface area (Å²) in [6, 6.07) is 10.7. The summed E-state index contributed by atoms with van der Waals surface area (Å²) in [7, 11) is 0. The molecule has 2 aromatic heterocycles. The third kappa shape index (κ3) is 3.01. The molecule has 2 heterocycles. The SMILES string of the molecule is OC[C@H]1CCC[C@@H](n2ccnc2-c2nc(-c3ccccc3)cs2)C1. The maximum atomic E-state index is 9.49. The Kier molecular flexibility index (Phi) is 4.45. The number of imidazole rings is 1. The molecule has 4 nitrogen and oxygen atoms in total. The Labute approximate surface area is 145 Å². The summed E-state index contributed by atoms with van der Waals surface area (Å²) in [5.74, 6) is 1.36. The van der Waals surface area contributed by atoms with E-state index in [1.165, 1.54) is 6.42 Å². The van der Waals surface area contributed by atoms with Crippen molar-refractivity contribution in [3.8, 4) is 22.1 Å². The molecule has 0 radical (unpaired) electrons. The second kappa shape index (κ2) is 6.87. The Hall–Kier alpha value is -1.98. The lowest BCUT2D eigenvalue weighted by atomic mass is 9.86. The second-order valence-electron chi connectivity index (χ2n) is 6.43. The highest BCUT2D eigenvalue weighted by Crippen LogP contribution is 2.36. The van der Waals surface area contributed by atoms with Crippen LogP contribution in [0.15, 0.2) is 48.1 Å². The Morgan fingerprint density at radius 1 is 1.21 bits per heavy atom. The van der Waals surface area contributed by atoms with Gasteiger partial charge in [-0.05, 0) is 25.2 Å².